The van der Waals surface area contributed by atoms with Crippen LogP contribution in [0.4, 0.5) is 0 Å². The van der Waals surface area contributed by atoms with E-state index in [9.17, 15) is 9.59 Å². The SMILES string of the molecule is O=C(O)c1ccc(CCN2CCN(C(=O)/C=C/c3ccc(Cl)cc3)CC2)cc1. The first-order chi connectivity index (χ1) is 13.5. The monoisotopic (exact) mass is 398 g/mol. The Morgan fingerprint density at radius 1 is 0.964 bits per heavy atom. The van der Waals surface area contributed by atoms with Gasteiger partial charge in [-0.2, -0.15) is 0 Å². The molecule has 0 saturated carbocycles. The van der Waals surface area contributed by atoms with Crippen LogP contribution in [-0.2, 0) is 11.2 Å². The predicted octanol–water partition coefficient (Wildman–Crippen LogP) is 3.44. The van der Waals surface area contributed by atoms with Gasteiger partial charge in [-0.15, -0.1) is 0 Å². The third-order valence-electron chi connectivity index (χ3n) is 4.89. The largest absolute Gasteiger partial charge is 0.478 e. The van der Waals surface area contributed by atoms with Gasteiger partial charge in [0.2, 0.25) is 5.91 Å². The molecule has 6 heteroatoms. The van der Waals surface area contributed by atoms with Crippen LogP contribution in [0, 0.1) is 0 Å². The van der Waals surface area contributed by atoms with Crippen molar-refractivity contribution in [3.8, 4) is 0 Å². The molecule has 2 aromatic carbocycles. The van der Waals surface area contributed by atoms with E-state index < -0.39 is 5.97 Å². The lowest BCUT2D eigenvalue weighted by atomic mass is 10.1. The number of benzene rings is 2. The highest BCUT2D eigenvalue weighted by Gasteiger charge is 2.19. The Hall–Kier alpha value is -2.63. The van der Waals surface area contributed by atoms with E-state index in [0.29, 0.717) is 23.7 Å². The number of hydrogen-bond acceptors (Lipinski definition) is 3. The van der Waals surface area contributed by atoms with Gasteiger partial charge in [-0.3, -0.25) is 9.69 Å². The number of aromatic carboxylic acids is 1. The summed E-state index contributed by atoms with van der Waals surface area (Å²) in [5.74, 6) is -0.878. The molecule has 1 amide bonds. The van der Waals surface area contributed by atoms with Gasteiger partial charge in [0.1, 0.15) is 0 Å². The summed E-state index contributed by atoms with van der Waals surface area (Å²) in [6.45, 7) is 4.00. The smallest absolute Gasteiger partial charge is 0.335 e. The van der Waals surface area contributed by atoms with Gasteiger partial charge in [0.15, 0.2) is 0 Å². The maximum absolute atomic E-state index is 12.4. The van der Waals surface area contributed by atoms with Crippen LogP contribution in [0.15, 0.2) is 54.6 Å². The summed E-state index contributed by atoms with van der Waals surface area (Å²) in [6, 6.07) is 14.4. The Morgan fingerprint density at radius 3 is 2.21 bits per heavy atom. The summed E-state index contributed by atoms with van der Waals surface area (Å²) in [6.07, 6.45) is 4.29. The third kappa shape index (κ3) is 5.68. The molecule has 0 aliphatic carbocycles. The van der Waals surface area contributed by atoms with Gasteiger partial charge in [0.05, 0.1) is 5.56 Å². The van der Waals surface area contributed by atoms with E-state index in [1.54, 1.807) is 30.3 Å². The zero-order valence-corrected chi connectivity index (χ0v) is 16.3. The van der Waals surface area contributed by atoms with Crippen LogP contribution in [0.25, 0.3) is 6.08 Å². The van der Waals surface area contributed by atoms with E-state index in [1.165, 1.54) is 0 Å². The summed E-state index contributed by atoms with van der Waals surface area (Å²) in [4.78, 5) is 27.4. The highest BCUT2D eigenvalue weighted by Crippen LogP contribution is 2.12. The quantitative estimate of drug-likeness (QED) is 0.757. The Morgan fingerprint density at radius 2 is 1.61 bits per heavy atom. The standard InChI is InChI=1S/C22H23ClN2O3/c23-20-8-3-17(4-9-20)5-10-21(26)25-15-13-24(14-16-25)12-11-18-1-6-19(7-2-18)22(27)28/h1-10H,11-16H2,(H,27,28)/b10-5+. The lowest BCUT2D eigenvalue weighted by Crippen LogP contribution is -2.48. The molecule has 0 unspecified atom stereocenters. The number of carboxylic acid groups (broad SMARTS) is 1. The van der Waals surface area contributed by atoms with Crippen LogP contribution in [-0.4, -0.2) is 59.5 Å². The lowest BCUT2D eigenvalue weighted by Gasteiger charge is -2.34. The molecule has 1 heterocycles. The molecule has 1 aliphatic rings. The molecule has 28 heavy (non-hydrogen) atoms. The molecule has 0 bridgehead atoms. The van der Waals surface area contributed by atoms with Crippen LogP contribution in [0.3, 0.4) is 0 Å². The molecule has 0 spiro atoms. The van der Waals surface area contributed by atoms with Gasteiger partial charge in [-0.05, 0) is 47.9 Å². The van der Waals surface area contributed by atoms with E-state index in [-0.39, 0.29) is 5.91 Å². The molecule has 3 rings (SSSR count). The molecule has 5 nitrogen and oxygen atoms in total. The fraction of sp³-hybridized carbons (Fsp3) is 0.273. The maximum atomic E-state index is 12.4. The average molecular weight is 399 g/mol. The highest BCUT2D eigenvalue weighted by atomic mass is 35.5. The zero-order valence-electron chi connectivity index (χ0n) is 15.6. The number of nitrogens with zero attached hydrogens (tertiary/aromatic N) is 2. The summed E-state index contributed by atoms with van der Waals surface area (Å²) in [5.41, 5.74) is 2.38. The van der Waals surface area contributed by atoms with Gasteiger partial charge in [-0.25, -0.2) is 4.79 Å². The molecule has 1 fully saturated rings. The van der Waals surface area contributed by atoms with Crippen molar-refractivity contribution in [2.75, 3.05) is 32.7 Å². The van der Waals surface area contributed by atoms with Crippen molar-refractivity contribution < 1.29 is 14.7 Å². The zero-order chi connectivity index (χ0) is 19.9. The Labute approximate surface area is 169 Å². The van der Waals surface area contributed by atoms with Crippen LogP contribution >= 0.6 is 11.6 Å². The number of piperazine rings is 1. The molecule has 146 valence electrons. The number of halogens is 1. The van der Waals surface area contributed by atoms with Crippen molar-refractivity contribution in [2.45, 2.75) is 6.42 Å². The molecule has 0 aromatic heterocycles. The van der Waals surface area contributed by atoms with Crippen molar-refractivity contribution in [3.63, 3.8) is 0 Å². The van der Waals surface area contributed by atoms with Gasteiger partial charge in [0.25, 0.3) is 0 Å². The third-order valence-corrected chi connectivity index (χ3v) is 5.14. The lowest BCUT2D eigenvalue weighted by molar-refractivity contribution is -0.127. The number of carboxylic acids is 1. The summed E-state index contributed by atoms with van der Waals surface area (Å²) >= 11 is 5.87. The second-order valence-corrected chi connectivity index (χ2v) is 7.24. The number of amides is 1. The predicted molar refractivity (Wildman–Crippen MR) is 111 cm³/mol. The fourth-order valence-electron chi connectivity index (χ4n) is 3.14. The van der Waals surface area contributed by atoms with Gasteiger partial charge in [-0.1, -0.05) is 35.9 Å². The van der Waals surface area contributed by atoms with E-state index >= 15 is 0 Å². The van der Waals surface area contributed by atoms with E-state index in [0.717, 1.165) is 37.2 Å². The second-order valence-electron chi connectivity index (χ2n) is 6.80. The number of carbonyl (C=O) groups excluding carboxylic acids is 1. The molecule has 1 aliphatic heterocycles. The molecular weight excluding hydrogens is 376 g/mol. The summed E-state index contributed by atoms with van der Waals surface area (Å²) in [7, 11) is 0. The molecule has 1 saturated heterocycles. The first kappa shape index (κ1) is 20.1. The van der Waals surface area contributed by atoms with Crippen molar-refractivity contribution in [2.24, 2.45) is 0 Å². The minimum Gasteiger partial charge on any atom is -0.478 e. The molecule has 0 radical (unpaired) electrons. The maximum Gasteiger partial charge on any atom is 0.335 e. The minimum atomic E-state index is -0.905. The topological polar surface area (TPSA) is 60.9 Å². The van der Waals surface area contributed by atoms with Crippen LogP contribution in [0.5, 0.6) is 0 Å². The number of rotatable bonds is 6. The summed E-state index contributed by atoms with van der Waals surface area (Å²) < 4.78 is 0. The summed E-state index contributed by atoms with van der Waals surface area (Å²) in [5, 5.41) is 9.62. The van der Waals surface area contributed by atoms with Crippen molar-refractivity contribution in [3.05, 3.63) is 76.3 Å². The molecular formula is C22H23ClN2O3. The molecule has 2 aromatic rings. The van der Waals surface area contributed by atoms with E-state index in [4.69, 9.17) is 16.7 Å². The second kappa shape index (κ2) is 9.53. The molecule has 1 N–H and O–H groups in total. The van der Waals surface area contributed by atoms with E-state index in [2.05, 4.69) is 4.90 Å². The van der Waals surface area contributed by atoms with E-state index in [1.807, 2.05) is 35.2 Å². The van der Waals surface area contributed by atoms with Gasteiger partial charge < -0.3 is 10.0 Å². The average Bonchev–Trinajstić information content (AvgIpc) is 2.72. The van der Waals surface area contributed by atoms with Crippen LogP contribution in [0.1, 0.15) is 21.5 Å². The van der Waals surface area contributed by atoms with Crippen LogP contribution < -0.4 is 0 Å². The van der Waals surface area contributed by atoms with Gasteiger partial charge in [0, 0.05) is 43.8 Å². The highest BCUT2D eigenvalue weighted by molar-refractivity contribution is 6.30. The number of hydrogen-bond donors (Lipinski definition) is 1. The normalized spacial score (nSPS) is 15.1. The first-order valence-electron chi connectivity index (χ1n) is 9.28. The van der Waals surface area contributed by atoms with Gasteiger partial charge >= 0.3 is 5.97 Å². The minimum absolute atomic E-state index is 0.0267. The Kier molecular flexibility index (Phi) is 6.85. The molecule has 0 atom stereocenters. The van der Waals surface area contributed by atoms with Crippen molar-refractivity contribution >= 4 is 29.6 Å². The Balaban J connectivity index is 1.43. The van der Waals surface area contributed by atoms with Crippen molar-refractivity contribution in [1.82, 2.24) is 9.80 Å². The van der Waals surface area contributed by atoms with Crippen molar-refractivity contribution in [1.29, 1.82) is 0 Å². The van der Waals surface area contributed by atoms with Crippen LogP contribution in [0.2, 0.25) is 5.02 Å². The number of carbonyl (C=O) groups is 2. The fourth-order valence-corrected chi connectivity index (χ4v) is 3.27. The first-order valence-corrected chi connectivity index (χ1v) is 9.66. The Bertz CT molecular complexity index is 839.